The average molecular weight is 259 g/mol. The molecule has 17 heavy (non-hydrogen) atoms. The van der Waals surface area contributed by atoms with E-state index in [0.29, 0.717) is 24.6 Å². The van der Waals surface area contributed by atoms with Crippen molar-refractivity contribution >= 4 is 11.8 Å². The van der Waals surface area contributed by atoms with E-state index in [4.69, 9.17) is 4.74 Å². The molecule has 2 N–H and O–H groups in total. The van der Waals surface area contributed by atoms with Crippen molar-refractivity contribution in [3.8, 4) is 0 Å². The first-order chi connectivity index (χ1) is 7.88. The summed E-state index contributed by atoms with van der Waals surface area (Å²) in [7, 11) is 0. The SMILES string of the molecule is CSCC(C)(O)CNC1C2CCOC2C1(C)C. The highest BCUT2D eigenvalue weighted by Crippen LogP contribution is 2.52. The molecule has 100 valence electrons. The van der Waals surface area contributed by atoms with Crippen LogP contribution in [0, 0.1) is 11.3 Å². The predicted molar refractivity (Wildman–Crippen MR) is 72.4 cm³/mol. The molecule has 0 spiro atoms. The van der Waals surface area contributed by atoms with Crippen LogP contribution >= 0.6 is 11.8 Å². The zero-order valence-electron chi connectivity index (χ0n) is 11.3. The largest absolute Gasteiger partial charge is 0.388 e. The number of aliphatic hydroxyl groups is 1. The third kappa shape index (κ3) is 2.50. The van der Waals surface area contributed by atoms with Crippen LogP contribution in [0.4, 0.5) is 0 Å². The lowest BCUT2D eigenvalue weighted by Crippen LogP contribution is -2.67. The molecule has 4 heteroatoms. The Balaban J connectivity index is 1.87. The fraction of sp³-hybridized carbons (Fsp3) is 1.00. The molecule has 0 radical (unpaired) electrons. The summed E-state index contributed by atoms with van der Waals surface area (Å²) in [6.45, 7) is 8.01. The third-order valence-corrected chi connectivity index (χ3v) is 5.17. The predicted octanol–water partition coefficient (Wildman–Crippen LogP) is 1.50. The van der Waals surface area contributed by atoms with Gasteiger partial charge in [-0.25, -0.2) is 0 Å². The normalized spacial score (nSPS) is 38.3. The second-order valence-corrected chi connectivity index (χ2v) is 7.22. The molecule has 2 rings (SSSR count). The molecule has 0 aromatic carbocycles. The Labute approximate surface area is 109 Å². The molecule has 0 bridgehead atoms. The maximum absolute atomic E-state index is 10.2. The first kappa shape index (κ1) is 13.7. The smallest absolute Gasteiger partial charge is 0.0833 e. The summed E-state index contributed by atoms with van der Waals surface area (Å²) in [5.41, 5.74) is -0.406. The van der Waals surface area contributed by atoms with Crippen LogP contribution in [0.5, 0.6) is 0 Å². The quantitative estimate of drug-likeness (QED) is 0.785. The Hall–Kier alpha value is 0.230. The summed E-state index contributed by atoms with van der Waals surface area (Å²) in [5, 5.41) is 13.7. The van der Waals surface area contributed by atoms with E-state index in [-0.39, 0.29) is 5.41 Å². The number of rotatable bonds is 5. The van der Waals surface area contributed by atoms with Gasteiger partial charge in [0.1, 0.15) is 0 Å². The highest BCUT2D eigenvalue weighted by molar-refractivity contribution is 7.98. The van der Waals surface area contributed by atoms with Crippen molar-refractivity contribution in [2.45, 2.75) is 44.9 Å². The van der Waals surface area contributed by atoms with Gasteiger partial charge in [0.15, 0.2) is 0 Å². The van der Waals surface area contributed by atoms with Crippen LogP contribution in [0.1, 0.15) is 27.2 Å². The summed E-state index contributed by atoms with van der Waals surface area (Å²) in [4.78, 5) is 0. The molecule has 2 fully saturated rings. The number of fused-ring (bicyclic) bond motifs is 1. The van der Waals surface area contributed by atoms with Gasteiger partial charge in [0, 0.05) is 36.3 Å². The van der Waals surface area contributed by atoms with E-state index in [1.54, 1.807) is 11.8 Å². The zero-order chi connectivity index (χ0) is 12.7. The summed E-state index contributed by atoms with van der Waals surface area (Å²) < 4.78 is 5.77. The van der Waals surface area contributed by atoms with Crippen molar-refractivity contribution in [3.05, 3.63) is 0 Å². The van der Waals surface area contributed by atoms with Gasteiger partial charge >= 0.3 is 0 Å². The van der Waals surface area contributed by atoms with Crippen LogP contribution in [0.2, 0.25) is 0 Å². The Morgan fingerprint density at radius 3 is 2.88 bits per heavy atom. The van der Waals surface area contributed by atoms with Gasteiger partial charge in [0.2, 0.25) is 0 Å². The van der Waals surface area contributed by atoms with Gasteiger partial charge in [-0.15, -0.1) is 0 Å². The van der Waals surface area contributed by atoms with E-state index < -0.39 is 5.60 Å². The van der Waals surface area contributed by atoms with Crippen LogP contribution in [0.25, 0.3) is 0 Å². The van der Waals surface area contributed by atoms with Crippen molar-refractivity contribution < 1.29 is 9.84 Å². The molecule has 1 heterocycles. The van der Waals surface area contributed by atoms with Crippen LogP contribution < -0.4 is 5.32 Å². The highest BCUT2D eigenvalue weighted by atomic mass is 32.2. The Morgan fingerprint density at radius 1 is 1.53 bits per heavy atom. The minimum absolute atomic E-state index is 0.205. The van der Waals surface area contributed by atoms with Crippen LogP contribution in [-0.2, 0) is 4.74 Å². The monoisotopic (exact) mass is 259 g/mol. The molecular weight excluding hydrogens is 234 g/mol. The minimum atomic E-state index is -0.611. The molecular formula is C13H25NO2S. The molecule has 2 aliphatic rings. The van der Waals surface area contributed by atoms with E-state index in [9.17, 15) is 5.11 Å². The second kappa shape index (κ2) is 4.72. The first-order valence-corrected chi connectivity index (χ1v) is 7.84. The van der Waals surface area contributed by atoms with Crippen molar-refractivity contribution in [1.29, 1.82) is 0 Å². The van der Waals surface area contributed by atoms with Gasteiger partial charge in [-0.3, -0.25) is 0 Å². The van der Waals surface area contributed by atoms with Gasteiger partial charge in [0.05, 0.1) is 11.7 Å². The average Bonchev–Trinajstić information content (AvgIpc) is 2.63. The zero-order valence-corrected chi connectivity index (χ0v) is 12.1. The summed E-state index contributed by atoms with van der Waals surface area (Å²) >= 11 is 1.69. The lowest BCUT2D eigenvalue weighted by Gasteiger charge is -2.55. The molecule has 0 aromatic rings. The molecule has 1 saturated carbocycles. The van der Waals surface area contributed by atoms with E-state index in [1.807, 2.05) is 13.2 Å². The number of ether oxygens (including phenoxy) is 1. The Bertz CT molecular complexity index is 281. The van der Waals surface area contributed by atoms with Gasteiger partial charge < -0.3 is 15.2 Å². The summed E-state index contributed by atoms with van der Waals surface area (Å²) in [5.74, 6) is 1.42. The maximum Gasteiger partial charge on any atom is 0.0833 e. The summed E-state index contributed by atoms with van der Waals surface area (Å²) in [6.07, 6.45) is 3.62. The molecule has 0 aromatic heterocycles. The van der Waals surface area contributed by atoms with Gasteiger partial charge in [-0.05, 0) is 19.6 Å². The number of hydrogen-bond donors (Lipinski definition) is 2. The van der Waals surface area contributed by atoms with E-state index >= 15 is 0 Å². The maximum atomic E-state index is 10.2. The van der Waals surface area contributed by atoms with E-state index in [1.165, 1.54) is 0 Å². The Morgan fingerprint density at radius 2 is 2.24 bits per heavy atom. The van der Waals surface area contributed by atoms with Crippen molar-refractivity contribution in [2.24, 2.45) is 11.3 Å². The molecule has 1 saturated heterocycles. The third-order valence-electron chi connectivity index (χ3n) is 4.26. The van der Waals surface area contributed by atoms with Crippen LogP contribution in [0.3, 0.4) is 0 Å². The number of nitrogens with one attached hydrogen (secondary N) is 1. The molecule has 4 atom stereocenters. The fourth-order valence-corrected chi connectivity index (χ4v) is 4.15. The number of hydrogen-bond acceptors (Lipinski definition) is 4. The molecule has 3 nitrogen and oxygen atoms in total. The Kier molecular flexibility index (Phi) is 3.79. The van der Waals surface area contributed by atoms with Crippen molar-refractivity contribution in [1.82, 2.24) is 5.32 Å². The highest BCUT2D eigenvalue weighted by Gasteiger charge is 2.59. The number of thioether (sulfide) groups is 1. The van der Waals surface area contributed by atoms with Crippen molar-refractivity contribution in [2.75, 3.05) is 25.2 Å². The molecule has 0 amide bonds. The van der Waals surface area contributed by atoms with Gasteiger partial charge in [-0.1, -0.05) is 13.8 Å². The topological polar surface area (TPSA) is 41.5 Å². The lowest BCUT2D eigenvalue weighted by molar-refractivity contribution is -0.116. The van der Waals surface area contributed by atoms with Crippen LogP contribution in [-0.4, -0.2) is 48.0 Å². The van der Waals surface area contributed by atoms with Gasteiger partial charge in [0.25, 0.3) is 0 Å². The molecule has 4 unspecified atom stereocenters. The molecule has 1 aliphatic heterocycles. The van der Waals surface area contributed by atoms with Gasteiger partial charge in [-0.2, -0.15) is 11.8 Å². The fourth-order valence-electron chi connectivity index (χ4n) is 3.43. The standard InChI is InChI=1S/C13H25NO2S/c1-12(2)10(9-5-6-16-11(9)12)14-7-13(3,15)8-17-4/h9-11,14-15H,5-8H2,1-4H3. The summed E-state index contributed by atoms with van der Waals surface area (Å²) in [6, 6.07) is 0.489. The van der Waals surface area contributed by atoms with E-state index in [2.05, 4.69) is 19.2 Å². The van der Waals surface area contributed by atoms with E-state index in [0.717, 1.165) is 18.8 Å². The van der Waals surface area contributed by atoms with Crippen molar-refractivity contribution in [3.63, 3.8) is 0 Å². The van der Waals surface area contributed by atoms with Crippen LogP contribution in [0.15, 0.2) is 0 Å². The molecule has 1 aliphatic carbocycles. The second-order valence-electron chi connectivity index (χ2n) is 6.35. The lowest BCUT2D eigenvalue weighted by atomic mass is 9.57. The minimum Gasteiger partial charge on any atom is -0.388 e. The first-order valence-electron chi connectivity index (χ1n) is 6.45.